The van der Waals surface area contributed by atoms with Gasteiger partial charge in [0.1, 0.15) is 23.4 Å². The van der Waals surface area contributed by atoms with Crippen LogP contribution in [0.2, 0.25) is 10.0 Å². The van der Waals surface area contributed by atoms with Crippen LogP contribution in [0, 0.1) is 0 Å². The van der Waals surface area contributed by atoms with Crippen LogP contribution in [0.15, 0.2) is 30.3 Å². The number of hydrogen-bond donors (Lipinski definition) is 1. The summed E-state index contributed by atoms with van der Waals surface area (Å²) >= 11 is 11.9. The van der Waals surface area contributed by atoms with E-state index < -0.39 is 0 Å². The molecule has 0 radical (unpaired) electrons. The van der Waals surface area contributed by atoms with E-state index >= 15 is 0 Å². The van der Waals surface area contributed by atoms with Gasteiger partial charge in [0.25, 0.3) is 5.91 Å². The van der Waals surface area contributed by atoms with Crippen molar-refractivity contribution in [2.75, 3.05) is 18.5 Å². The molecule has 0 bridgehead atoms. The van der Waals surface area contributed by atoms with Gasteiger partial charge >= 0.3 is 0 Å². The molecule has 0 spiro atoms. The first-order valence-electron chi connectivity index (χ1n) is 8.30. The molecule has 0 aliphatic carbocycles. The van der Waals surface area contributed by atoms with E-state index in [1.165, 1.54) is 0 Å². The number of benzene rings is 2. The predicted octanol–water partition coefficient (Wildman–Crippen LogP) is 4.73. The molecule has 138 valence electrons. The highest BCUT2D eigenvalue weighted by Crippen LogP contribution is 2.38. The average Bonchev–Trinajstić information content (AvgIpc) is 2.93. The van der Waals surface area contributed by atoms with Crippen molar-refractivity contribution in [1.29, 1.82) is 0 Å². The molecule has 2 aromatic rings. The fourth-order valence-electron chi connectivity index (χ4n) is 2.73. The van der Waals surface area contributed by atoms with Crippen LogP contribution in [-0.4, -0.2) is 25.2 Å². The summed E-state index contributed by atoms with van der Waals surface area (Å²) < 4.78 is 16.9. The van der Waals surface area contributed by atoms with E-state index in [1.807, 2.05) is 19.9 Å². The summed E-state index contributed by atoms with van der Waals surface area (Å²) in [4.78, 5) is 12.3. The van der Waals surface area contributed by atoms with Crippen molar-refractivity contribution in [3.05, 3.63) is 45.9 Å². The van der Waals surface area contributed by atoms with E-state index in [0.717, 1.165) is 17.7 Å². The highest BCUT2D eigenvalue weighted by molar-refractivity contribution is 6.35. The molecule has 26 heavy (non-hydrogen) atoms. The molecular weight excluding hydrogens is 377 g/mol. The van der Waals surface area contributed by atoms with Crippen molar-refractivity contribution < 1.29 is 19.0 Å². The number of halogens is 2. The first kappa shape index (κ1) is 18.7. The number of fused-ring (bicyclic) bond motifs is 1. The molecule has 1 aliphatic heterocycles. The Bertz CT molecular complexity index is 825. The van der Waals surface area contributed by atoms with Gasteiger partial charge in [0, 0.05) is 23.1 Å². The van der Waals surface area contributed by atoms with Crippen molar-refractivity contribution >= 4 is 34.8 Å². The molecule has 1 unspecified atom stereocenters. The lowest BCUT2D eigenvalue weighted by atomic mass is 10.1. The van der Waals surface area contributed by atoms with Crippen LogP contribution in [0.3, 0.4) is 0 Å². The highest BCUT2D eigenvalue weighted by Gasteiger charge is 2.22. The molecule has 0 saturated heterocycles. The predicted molar refractivity (Wildman–Crippen MR) is 102 cm³/mol. The lowest BCUT2D eigenvalue weighted by Gasteiger charge is -2.14. The van der Waals surface area contributed by atoms with Crippen LogP contribution in [0.4, 0.5) is 5.69 Å². The van der Waals surface area contributed by atoms with Gasteiger partial charge in [-0.1, -0.05) is 23.2 Å². The fraction of sp³-hybridized carbons (Fsp3) is 0.316. The summed E-state index contributed by atoms with van der Waals surface area (Å²) in [6, 6.07) is 8.52. The summed E-state index contributed by atoms with van der Waals surface area (Å²) in [5.41, 5.74) is 1.62. The van der Waals surface area contributed by atoms with E-state index in [9.17, 15) is 4.79 Å². The van der Waals surface area contributed by atoms with Crippen molar-refractivity contribution in [2.45, 2.75) is 26.4 Å². The average molecular weight is 396 g/mol. The zero-order valence-electron chi connectivity index (χ0n) is 14.5. The standard InChI is InChI=1S/C19H19Cl2NO4/c1-3-24-18-7-12-6-11(2)26-17(12)9-15(18)22-19(23)10-25-16-5-4-13(20)8-14(16)21/h4-5,7-9,11H,3,6,10H2,1-2H3,(H,22,23). The molecule has 1 N–H and O–H groups in total. The van der Waals surface area contributed by atoms with Crippen molar-refractivity contribution in [3.8, 4) is 17.2 Å². The van der Waals surface area contributed by atoms with E-state index in [1.54, 1.807) is 24.3 Å². The number of carbonyl (C=O) groups is 1. The topological polar surface area (TPSA) is 56.8 Å². The molecule has 7 heteroatoms. The van der Waals surface area contributed by atoms with E-state index in [-0.39, 0.29) is 18.6 Å². The van der Waals surface area contributed by atoms with E-state index in [2.05, 4.69) is 5.32 Å². The number of anilines is 1. The number of amides is 1. The van der Waals surface area contributed by atoms with Crippen LogP contribution in [0.5, 0.6) is 17.2 Å². The van der Waals surface area contributed by atoms with Crippen LogP contribution < -0.4 is 19.5 Å². The molecule has 0 fully saturated rings. The molecule has 5 nitrogen and oxygen atoms in total. The summed E-state index contributed by atoms with van der Waals surface area (Å²) in [7, 11) is 0. The van der Waals surface area contributed by atoms with Crippen molar-refractivity contribution in [1.82, 2.24) is 0 Å². The second-order valence-electron chi connectivity index (χ2n) is 5.93. The molecule has 1 amide bonds. The summed E-state index contributed by atoms with van der Waals surface area (Å²) in [6.45, 7) is 4.20. The molecule has 0 saturated carbocycles. The monoisotopic (exact) mass is 395 g/mol. The molecule has 0 aromatic heterocycles. The van der Waals surface area contributed by atoms with Crippen molar-refractivity contribution in [3.63, 3.8) is 0 Å². The minimum Gasteiger partial charge on any atom is -0.492 e. The maximum Gasteiger partial charge on any atom is 0.262 e. The first-order chi connectivity index (χ1) is 12.5. The zero-order valence-corrected chi connectivity index (χ0v) is 16.0. The van der Waals surface area contributed by atoms with Gasteiger partial charge in [-0.15, -0.1) is 0 Å². The molecule has 1 heterocycles. The maximum absolute atomic E-state index is 12.3. The molecular formula is C19H19Cl2NO4. The number of rotatable bonds is 6. The molecule has 2 aromatic carbocycles. The Balaban J connectivity index is 1.69. The largest absolute Gasteiger partial charge is 0.492 e. The Morgan fingerprint density at radius 1 is 1.23 bits per heavy atom. The minimum absolute atomic E-state index is 0.112. The van der Waals surface area contributed by atoms with Gasteiger partial charge in [0.2, 0.25) is 0 Å². The second kappa shape index (κ2) is 8.06. The van der Waals surface area contributed by atoms with Gasteiger partial charge in [-0.3, -0.25) is 4.79 Å². The summed E-state index contributed by atoms with van der Waals surface area (Å²) in [5.74, 6) is 1.44. The van der Waals surface area contributed by atoms with Crippen molar-refractivity contribution in [2.24, 2.45) is 0 Å². The summed E-state index contributed by atoms with van der Waals surface area (Å²) in [6.07, 6.45) is 0.933. The van der Waals surface area contributed by atoms with E-state index in [4.69, 9.17) is 37.4 Å². The van der Waals surface area contributed by atoms with Crippen LogP contribution in [0.1, 0.15) is 19.4 Å². The Morgan fingerprint density at radius 3 is 2.77 bits per heavy atom. The van der Waals surface area contributed by atoms with Gasteiger partial charge in [0.05, 0.1) is 17.3 Å². The molecule has 1 aliphatic rings. The van der Waals surface area contributed by atoms with Crippen LogP contribution >= 0.6 is 23.2 Å². The van der Waals surface area contributed by atoms with Gasteiger partial charge in [-0.25, -0.2) is 0 Å². The zero-order chi connectivity index (χ0) is 18.7. The molecule has 1 atom stereocenters. The highest BCUT2D eigenvalue weighted by atomic mass is 35.5. The minimum atomic E-state index is -0.331. The Kier molecular flexibility index (Phi) is 5.79. The normalized spacial score (nSPS) is 15.2. The third kappa shape index (κ3) is 4.34. The molecule has 3 rings (SSSR count). The number of hydrogen-bond acceptors (Lipinski definition) is 4. The SMILES string of the molecule is CCOc1cc2c(cc1NC(=O)COc1ccc(Cl)cc1Cl)OC(C)C2. The van der Waals surface area contributed by atoms with Gasteiger partial charge in [-0.05, 0) is 38.1 Å². The smallest absolute Gasteiger partial charge is 0.262 e. The summed E-state index contributed by atoms with van der Waals surface area (Å²) in [5, 5.41) is 3.65. The maximum atomic E-state index is 12.3. The Labute approximate surface area is 162 Å². The Morgan fingerprint density at radius 2 is 2.04 bits per heavy atom. The number of nitrogens with one attached hydrogen (secondary N) is 1. The van der Waals surface area contributed by atoms with E-state index in [0.29, 0.717) is 33.8 Å². The van der Waals surface area contributed by atoms with Gasteiger partial charge < -0.3 is 19.5 Å². The van der Waals surface area contributed by atoms with Gasteiger partial charge in [0.15, 0.2) is 6.61 Å². The number of ether oxygens (including phenoxy) is 3. The lowest BCUT2D eigenvalue weighted by Crippen LogP contribution is -2.20. The fourth-order valence-corrected chi connectivity index (χ4v) is 3.20. The quantitative estimate of drug-likeness (QED) is 0.767. The second-order valence-corrected chi connectivity index (χ2v) is 6.78. The number of carbonyl (C=O) groups excluding carboxylic acids is 1. The van der Waals surface area contributed by atoms with Crippen LogP contribution in [-0.2, 0) is 11.2 Å². The van der Waals surface area contributed by atoms with Crippen LogP contribution in [0.25, 0.3) is 0 Å². The Hall–Kier alpha value is -2.11. The lowest BCUT2D eigenvalue weighted by molar-refractivity contribution is -0.118. The third-order valence-electron chi connectivity index (χ3n) is 3.82. The third-order valence-corrected chi connectivity index (χ3v) is 4.36. The first-order valence-corrected chi connectivity index (χ1v) is 9.06. The van der Waals surface area contributed by atoms with Gasteiger partial charge in [-0.2, -0.15) is 0 Å².